The van der Waals surface area contributed by atoms with Gasteiger partial charge < -0.3 is 14.6 Å². The Hall–Kier alpha value is -1.27. The number of rotatable bonds is 10. The maximum Gasteiger partial charge on any atom is 0.119 e. The highest BCUT2D eigenvalue weighted by atomic mass is 127. The van der Waals surface area contributed by atoms with Gasteiger partial charge >= 0.3 is 0 Å². The monoisotopic (exact) mass is 530 g/mol. The van der Waals surface area contributed by atoms with E-state index in [1.807, 2.05) is 52.0 Å². The minimum atomic E-state index is 0. The van der Waals surface area contributed by atoms with Crippen molar-refractivity contribution >= 4 is 22.6 Å². The first-order valence-corrected chi connectivity index (χ1v) is 11.6. The van der Waals surface area contributed by atoms with Crippen LogP contribution in [0.5, 0.6) is 11.5 Å². The van der Waals surface area contributed by atoms with Gasteiger partial charge in [0.15, 0.2) is 0 Å². The fourth-order valence-electron chi connectivity index (χ4n) is 2.57. The molecule has 0 atom stereocenters. The van der Waals surface area contributed by atoms with Crippen LogP contribution >= 0.6 is 22.6 Å². The fraction of sp³-hybridized carbons (Fsp3) is 0.538. The number of hydrogen-bond acceptors (Lipinski definition) is 3. The third kappa shape index (κ3) is 14.7. The fourth-order valence-corrected chi connectivity index (χ4v) is 2.95. The predicted octanol–water partition coefficient (Wildman–Crippen LogP) is 7.51. The number of aliphatic hydroxyl groups excluding tert-OH is 1. The summed E-state index contributed by atoms with van der Waals surface area (Å²) in [6.07, 6.45) is 4.66. The van der Waals surface area contributed by atoms with Crippen LogP contribution in [-0.4, -0.2) is 28.3 Å². The third-order valence-electron chi connectivity index (χ3n) is 3.81. The van der Waals surface area contributed by atoms with E-state index in [0.29, 0.717) is 0 Å². The predicted molar refractivity (Wildman–Crippen MR) is 140 cm³/mol. The minimum absolute atomic E-state index is 0. The van der Waals surface area contributed by atoms with Crippen LogP contribution in [-0.2, 0) is 12.8 Å². The molecule has 0 amide bonds. The van der Waals surface area contributed by atoms with E-state index >= 15 is 0 Å². The van der Waals surface area contributed by atoms with Crippen LogP contribution in [0.3, 0.4) is 0 Å². The number of benzene rings is 2. The molecule has 0 aliphatic heterocycles. The molecule has 0 radical (unpaired) electrons. The molecule has 0 aliphatic carbocycles. The van der Waals surface area contributed by atoms with Gasteiger partial charge in [0.25, 0.3) is 0 Å². The molecule has 0 bridgehead atoms. The van der Waals surface area contributed by atoms with E-state index < -0.39 is 0 Å². The first kappa shape index (κ1) is 30.9. The van der Waals surface area contributed by atoms with Gasteiger partial charge in [-0.25, -0.2) is 0 Å². The molecule has 2 aromatic carbocycles. The van der Waals surface area contributed by atoms with E-state index in [4.69, 9.17) is 14.6 Å². The lowest BCUT2D eigenvalue weighted by molar-refractivity contribution is 0.242. The molecule has 0 fully saturated rings. The van der Waals surface area contributed by atoms with Crippen LogP contribution in [0.1, 0.15) is 66.5 Å². The third-order valence-corrected chi connectivity index (χ3v) is 4.58. The molecule has 0 saturated carbocycles. The van der Waals surface area contributed by atoms with Gasteiger partial charge in [-0.15, -0.1) is 0 Å². The Labute approximate surface area is 199 Å². The van der Waals surface area contributed by atoms with Gasteiger partial charge in [-0.1, -0.05) is 61.7 Å². The Bertz CT molecular complexity index is 564. The zero-order valence-electron chi connectivity index (χ0n) is 17.7. The topological polar surface area (TPSA) is 38.7 Å². The molecular weight excluding hydrogens is 487 g/mol. The minimum Gasteiger partial charge on any atom is -0.491 e. The molecule has 1 N–H and O–H groups in total. The summed E-state index contributed by atoms with van der Waals surface area (Å²) in [6.45, 7) is 8.37. The lowest BCUT2D eigenvalue weighted by Crippen LogP contribution is -2.05. The first-order valence-electron chi connectivity index (χ1n) is 10.1. The number of ether oxygens (including phenoxy) is 2. The van der Waals surface area contributed by atoms with E-state index in [1.54, 1.807) is 0 Å². The Morgan fingerprint density at radius 3 is 1.37 bits per heavy atom. The Balaban J connectivity index is 0. The van der Waals surface area contributed by atoms with Gasteiger partial charge in [-0.2, -0.15) is 0 Å². The largest absolute Gasteiger partial charge is 0.491 e. The summed E-state index contributed by atoms with van der Waals surface area (Å²) < 4.78 is 12.3. The Morgan fingerprint density at radius 1 is 0.700 bits per heavy atom. The van der Waals surface area contributed by atoms with Crippen molar-refractivity contribution in [1.82, 2.24) is 0 Å². The summed E-state index contributed by atoms with van der Waals surface area (Å²) in [5.74, 6) is 1.88. The summed E-state index contributed by atoms with van der Waals surface area (Å²) in [6, 6.07) is 16.5. The van der Waals surface area contributed by atoms with Gasteiger partial charge in [0.2, 0.25) is 0 Å². The average Bonchev–Trinajstić information content (AvgIpc) is 2.66. The van der Waals surface area contributed by atoms with Crippen LogP contribution in [0.4, 0.5) is 0 Å². The molecular formula is C26H43IO3. The van der Waals surface area contributed by atoms with Gasteiger partial charge in [-0.3, -0.25) is 0 Å². The standard InChI is InChI=1S/C12H17IO.C12H18O2.2CH4/c2*1-10(2)14-12-7-5-11(6-8-12)4-3-9-13;;/h5-8,10H,3-4,9H2,1-2H3;5-8,10,13H,3-4,9H2,1-2H3;2*1H4. The zero-order chi connectivity index (χ0) is 20.8. The van der Waals surface area contributed by atoms with Gasteiger partial charge in [0.1, 0.15) is 11.5 Å². The second-order valence-electron chi connectivity index (χ2n) is 7.24. The molecule has 3 nitrogen and oxygen atoms in total. The number of aryl methyl sites for hydroxylation is 2. The molecule has 4 heteroatoms. The van der Waals surface area contributed by atoms with Crippen LogP contribution in [0.2, 0.25) is 0 Å². The van der Waals surface area contributed by atoms with E-state index in [1.165, 1.54) is 28.4 Å². The van der Waals surface area contributed by atoms with Gasteiger partial charge in [0, 0.05) is 6.61 Å². The SMILES string of the molecule is C.C.CC(C)Oc1ccc(CCCI)cc1.CC(C)Oc1ccc(CCCO)cc1. The number of aliphatic hydroxyl groups is 1. The summed E-state index contributed by atoms with van der Waals surface area (Å²) in [5, 5.41) is 8.68. The number of alkyl halides is 1. The van der Waals surface area contributed by atoms with E-state index in [-0.39, 0.29) is 33.7 Å². The first-order chi connectivity index (χ1) is 13.4. The Morgan fingerprint density at radius 2 is 1.07 bits per heavy atom. The highest BCUT2D eigenvalue weighted by Gasteiger charge is 1.98. The van der Waals surface area contributed by atoms with Crippen molar-refractivity contribution in [3.05, 3.63) is 59.7 Å². The highest BCUT2D eigenvalue weighted by Crippen LogP contribution is 2.15. The van der Waals surface area contributed by atoms with Gasteiger partial charge in [0.05, 0.1) is 12.2 Å². The summed E-state index contributed by atoms with van der Waals surface area (Å²) in [5.41, 5.74) is 2.65. The molecule has 0 unspecified atom stereocenters. The average molecular weight is 531 g/mol. The second kappa shape index (κ2) is 18.5. The quantitative estimate of drug-likeness (QED) is 0.255. The van der Waals surface area contributed by atoms with E-state index in [9.17, 15) is 0 Å². The molecule has 2 rings (SSSR count). The van der Waals surface area contributed by atoms with Crippen molar-refractivity contribution in [2.45, 2.75) is 80.4 Å². The molecule has 0 spiro atoms. The second-order valence-corrected chi connectivity index (χ2v) is 8.32. The highest BCUT2D eigenvalue weighted by molar-refractivity contribution is 14.1. The lowest BCUT2D eigenvalue weighted by atomic mass is 10.1. The van der Waals surface area contributed by atoms with Gasteiger partial charge in [-0.05, 0) is 93.2 Å². The molecule has 0 heterocycles. The van der Waals surface area contributed by atoms with Crippen LogP contribution in [0.15, 0.2) is 48.5 Å². The summed E-state index contributed by atoms with van der Waals surface area (Å²) >= 11 is 2.41. The van der Waals surface area contributed by atoms with Crippen molar-refractivity contribution < 1.29 is 14.6 Å². The molecule has 2 aromatic rings. The van der Waals surface area contributed by atoms with Crippen molar-refractivity contribution in [3.8, 4) is 11.5 Å². The number of halogens is 1. The zero-order valence-corrected chi connectivity index (χ0v) is 19.8. The van der Waals surface area contributed by atoms with Crippen LogP contribution in [0, 0.1) is 0 Å². The molecule has 0 aromatic heterocycles. The number of hydrogen-bond donors (Lipinski definition) is 1. The smallest absolute Gasteiger partial charge is 0.119 e. The van der Waals surface area contributed by atoms with E-state index in [2.05, 4.69) is 46.9 Å². The maximum absolute atomic E-state index is 8.68. The van der Waals surface area contributed by atoms with Crippen LogP contribution < -0.4 is 9.47 Å². The normalized spacial score (nSPS) is 9.87. The van der Waals surface area contributed by atoms with E-state index in [0.717, 1.165) is 24.3 Å². The maximum atomic E-state index is 8.68. The summed E-state index contributed by atoms with van der Waals surface area (Å²) in [4.78, 5) is 0. The Kier molecular flexibility index (Phi) is 19.1. The molecule has 172 valence electrons. The lowest BCUT2D eigenvalue weighted by Gasteiger charge is -2.09. The molecule has 0 saturated heterocycles. The summed E-state index contributed by atoms with van der Waals surface area (Å²) in [7, 11) is 0. The van der Waals surface area contributed by atoms with Crippen molar-refractivity contribution in [2.75, 3.05) is 11.0 Å². The molecule has 30 heavy (non-hydrogen) atoms. The van der Waals surface area contributed by atoms with Crippen molar-refractivity contribution in [1.29, 1.82) is 0 Å². The van der Waals surface area contributed by atoms with Crippen molar-refractivity contribution in [2.24, 2.45) is 0 Å². The molecule has 0 aliphatic rings. The van der Waals surface area contributed by atoms with Crippen molar-refractivity contribution in [3.63, 3.8) is 0 Å². The van der Waals surface area contributed by atoms with Crippen LogP contribution in [0.25, 0.3) is 0 Å².